The van der Waals surface area contributed by atoms with E-state index in [4.69, 9.17) is 5.41 Å². The van der Waals surface area contributed by atoms with Crippen molar-refractivity contribution in [3.63, 3.8) is 0 Å². The lowest BCUT2D eigenvalue weighted by Gasteiger charge is -2.18. The molecule has 2 aromatic carbocycles. The van der Waals surface area contributed by atoms with Gasteiger partial charge in [-0.1, -0.05) is 48.0 Å². The number of hydrogen-bond acceptors (Lipinski definition) is 3. The molecule has 3 aromatic rings. The second kappa shape index (κ2) is 8.41. The van der Waals surface area contributed by atoms with E-state index in [-0.39, 0.29) is 16.8 Å². The van der Waals surface area contributed by atoms with Gasteiger partial charge in [0.25, 0.3) is 0 Å². The van der Waals surface area contributed by atoms with Crippen LogP contribution < -0.4 is 0 Å². The number of alkyl halides is 3. The van der Waals surface area contributed by atoms with E-state index >= 15 is 0 Å². The largest absolute Gasteiger partial charge is 0.416 e. The Balaban J connectivity index is 2.07. The van der Waals surface area contributed by atoms with Gasteiger partial charge in [-0.2, -0.15) is 13.2 Å². The van der Waals surface area contributed by atoms with Crippen LogP contribution in [0.5, 0.6) is 0 Å². The van der Waals surface area contributed by atoms with Crippen LogP contribution in [-0.2, 0) is 6.18 Å². The minimum Gasteiger partial charge on any atom is -0.384 e. The molecule has 0 bridgehead atoms. The summed E-state index contributed by atoms with van der Waals surface area (Å²) in [4.78, 5) is 3.98. The Labute approximate surface area is 166 Å². The van der Waals surface area contributed by atoms with Gasteiger partial charge in [0.15, 0.2) is 0 Å². The fraction of sp³-hybridized carbons (Fsp3) is 0.130. The molecule has 1 atom stereocenters. The first kappa shape index (κ1) is 20.5. The summed E-state index contributed by atoms with van der Waals surface area (Å²) in [5.74, 6) is 0. The molecule has 0 saturated heterocycles. The highest BCUT2D eigenvalue weighted by Crippen LogP contribution is 2.32. The molecule has 3 rings (SSSR count). The van der Waals surface area contributed by atoms with Crippen LogP contribution in [0.1, 0.15) is 33.9 Å². The number of aromatic nitrogens is 1. The predicted molar refractivity (Wildman–Crippen MR) is 107 cm³/mol. The molecule has 2 N–H and O–H groups in total. The minimum absolute atomic E-state index is 0.0705. The molecular formula is C23H19F3N2O. The van der Waals surface area contributed by atoms with Crippen molar-refractivity contribution in [1.82, 2.24) is 4.98 Å². The number of benzene rings is 2. The molecule has 0 aliphatic carbocycles. The summed E-state index contributed by atoms with van der Waals surface area (Å²) in [6, 6.07) is 15.3. The van der Waals surface area contributed by atoms with E-state index in [1.165, 1.54) is 18.3 Å². The molecule has 0 fully saturated rings. The van der Waals surface area contributed by atoms with E-state index in [0.29, 0.717) is 5.56 Å². The molecule has 0 saturated carbocycles. The lowest BCUT2D eigenvalue weighted by Crippen LogP contribution is -2.14. The normalized spacial score (nSPS) is 13.2. The Morgan fingerprint density at radius 3 is 2.41 bits per heavy atom. The summed E-state index contributed by atoms with van der Waals surface area (Å²) < 4.78 is 39.3. The first-order valence-corrected chi connectivity index (χ1v) is 8.88. The van der Waals surface area contributed by atoms with Gasteiger partial charge >= 0.3 is 6.18 Å². The number of aliphatic hydroxyl groups excluding tert-OH is 1. The third kappa shape index (κ3) is 4.97. The number of pyridine rings is 1. The van der Waals surface area contributed by atoms with Gasteiger partial charge in [0.2, 0.25) is 0 Å². The highest BCUT2D eigenvalue weighted by Gasteiger charge is 2.31. The van der Waals surface area contributed by atoms with Gasteiger partial charge in [-0.15, -0.1) is 0 Å². The zero-order chi connectivity index (χ0) is 21.0. The van der Waals surface area contributed by atoms with Crippen LogP contribution in [0.15, 0.2) is 78.6 Å². The summed E-state index contributed by atoms with van der Waals surface area (Å²) in [5, 5.41) is 19.4. The van der Waals surface area contributed by atoms with Crippen molar-refractivity contribution in [2.24, 2.45) is 0 Å². The number of halogens is 3. The van der Waals surface area contributed by atoms with Gasteiger partial charge in [-0.25, -0.2) is 0 Å². The lowest BCUT2D eigenvalue weighted by atomic mass is 9.92. The highest BCUT2D eigenvalue weighted by atomic mass is 19.4. The number of rotatable bonds is 5. The Bertz CT molecular complexity index is 1030. The SMILES string of the molecule is Cc1ccc(C=C(C(=N)c2cccc(C(F)(F)F)c2)C(O)c2cccnc2)cc1. The van der Waals surface area contributed by atoms with Gasteiger partial charge in [0.1, 0.15) is 6.10 Å². The van der Waals surface area contributed by atoms with Crippen LogP contribution in [0.4, 0.5) is 13.2 Å². The number of aryl methyl sites for hydroxylation is 1. The van der Waals surface area contributed by atoms with Gasteiger partial charge in [0.05, 0.1) is 11.3 Å². The maximum atomic E-state index is 13.1. The molecule has 1 unspecified atom stereocenters. The fourth-order valence-corrected chi connectivity index (χ4v) is 2.87. The Kier molecular flexibility index (Phi) is 5.94. The topological polar surface area (TPSA) is 57.0 Å². The van der Waals surface area contributed by atoms with E-state index in [2.05, 4.69) is 4.98 Å². The smallest absolute Gasteiger partial charge is 0.384 e. The standard InChI is InChI=1S/C23H19F3N2O/c1-15-7-9-16(10-8-15)12-20(22(29)18-5-3-11-28-14-18)21(27)17-4-2-6-19(13-17)23(24,25)26/h2-14,22,27,29H,1H3. The summed E-state index contributed by atoms with van der Waals surface area (Å²) in [7, 11) is 0. The van der Waals surface area contributed by atoms with Crippen molar-refractivity contribution in [3.8, 4) is 0 Å². The second-order valence-corrected chi connectivity index (χ2v) is 6.65. The average molecular weight is 396 g/mol. The quantitative estimate of drug-likeness (QED) is 0.552. The summed E-state index contributed by atoms with van der Waals surface area (Å²) in [6.07, 6.45) is -1.10. The van der Waals surface area contributed by atoms with Gasteiger partial charge in [-0.3, -0.25) is 10.4 Å². The first-order valence-electron chi connectivity index (χ1n) is 8.88. The number of aliphatic hydroxyl groups is 1. The van der Waals surface area contributed by atoms with E-state index in [1.54, 1.807) is 24.4 Å². The van der Waals surface area contributed by atoms with E-state index in [0.717, 1.165) is 23.3 Å². The van der Waals surface area contributed by atoms with Crippen molar-refractivity contribution in [3.05, 3.63) is 106 Å². The molecule has 6 heteroatoms. The lowest BCUT2D eigenvalue weighted by molar-refractivity contribution is -0.137. The Morgan fingerprint density at radius 2 is 1.79 bits per heavy atom. The van der Waals surface area contributed by atoms with Crippen LogP contribution in [0.2, 0.25) is 0 Å². The van der Waals surface area contributed by atoms with E-state index in [1.807, 2.05) is 31.2 Å². The molecule has 29 heavy (non-hydrogen) atoms. The average Bonchev–Trinajstić information content (AvgIpc) is 2.72. The monoisotopic (exact) mass is 396 g/mol. The zero-order valence-corrected chi connectivity index (χ0v) is 15.6. The maximum Gasteiger partial charge on any atom is 0.416 e. The summed E-state index contributed by atoms with van der Waals surface area (Å²) in [5.41, 5.74) is 1.44. The van der Waals surface area contributed by atoms with Crippen LogP contribution in [0, 0.1) is 12.3 Å². The number of nitrogens with zero attached hydrogens (tertiary/aromatic N) is 1. The predicted octanol–water partition coefficient (Wildman–Crippen LogP) is 5.59. The molecule has 1 aromatic heterocycles. The van der Waals surface area contributed by atoms with Crippen molar-refractivity contribution in [1.29, 1.82) is 5.41 Å². The summed E-state index contributed by atoms with van der Waals surface area (Å²) in [6.45, 7) is 1.93. The molecule has 0 aliphatic heterocycles. The minimum atomic E-state index is -4.51. The molecule has 0 radical (unpaired) electrons. The van der Waals surface area contributed by atoms with E-state index in [9.17, 15) is 18.3 Å². The van der Waals surface area contributed by atoms with Crippen molar-refractivity contribution in [2.75, 3.05) is 0 Å². The van der Waals surface area contributed by atoms with Crippen LogP contribution in [0.25, 0.3) is 6.08 Å². The number of nitrogens with one attached hydrogen (secondary N) is 1. The van der Waals surface area contributed by atoms with Gasteiger partial charge < -0.3 is 5.11 Å². The van der Waals surface area contributed by atoms with Crippen LogP contribution >= 0.6 is 0 Å². The summed E-state index contributed by atoms with van der Waals surface area (Å²) >= 11 is 0. The molecule has 0 amide bonds. The molecular weight excluding hydrogens is 377 g/mol. The van der Waals surface area contributed by atoms with Gasteiger partial charge in [0, 0.05) is 29.1 Å². The Hall–Kier alpha value is -3.25. The molecule has 1 heterocycles. The number of hydrogen-bond donors (Lipinski definition) is 2. The Morgan fingerprint density at radius 1 is 1.07 bits per heavy atom. The fourth-order valence-electron chi connectivity index (χ4n) is 2.87. The highest BCUT2D eigenvalue weighted by molar-refractivity contribution is 6.13. The zero-order valence-electron chi connectivity index (χ0n) is 15.6. The maximum absolute atomic E-state index is 13.1. The first-order chi connectivity index (χ1) is 13.8. The van der Waals surface area contributed by atoms with Gasteiger partial charge in [-0.05, 0) is 36.8 Å². The van der Waals surface area contributed by atoms with E-state index < -0.39 is 17.8 Å². The van der Waals surface area contributed by atoms with Crippen LogP contribution in [0.3, 0.4) is 0 Å². The van der Waals surface area contributed by atoms with Crippen molar-refractivity contribution < 1.29 is 18.3 Å². The van der Waals surface area contributed by atoms with Crippen molar-refractivity contribution in [2.45, 2.75) is 19.2 Å². The second-order valence-electron chi connectivity index (χ2n) is 6.65. The third-order valence-electron chi connectivity index (χ3n) is 4.46. The molecule has 0 spiro atoms. The third-order valence-corrected chi connectivity index (χ3v) is 4.46. The molecule has 3 nitrogen and oxygen atoms in total. The molecule has 148 valence electrons. The van der Waals surface area contributed by atoms with Crippen molar-refractivity contribution >= 4 is 11.8 Å². The molecule has 0 aliphatic rings. The van der Waals surface area contributed by atoms with Crippen LogP contribution in [-0.4, -0.2) is 15.8 Å².